The fourth-order valence-corrected chi connectivity index (χ4v) is 2.61. The minimum absolute atomic E-state index is 0.515. The number of halogens is 1. The molecule has 3 aromatic rings. The average Bonchev–Trinajstić information content (AvgIpc) is 2.92. The summed E-state index contributed by atoms with van der Waals surface area (Å²) in [5.74, 6) is 1.51. The Morgan fingerprint density at radius 1 is 1.14 bits per heavy atom. The molecule has 0 aliphatic carbocycles. The van der Waals surface area contributed by atoms with E-state index in [-0.39, 0.29) is 0 Å². The summed E-state index contributed by atoms with van der Waals surface area (Å²) >= 11 is 5.80. The molecule has 1 aromatic carbocycles. The van der Waals surface area contributed by atoms with Gasteiger partial charge in [0.15, 0.2) is 0 Å². The lowest BCUT2D eigenvalue weighted by Gasteiger charge is -2.12. The smallest absolute Gasteiger partial charge is 0.227 e. The molecule has 0 bridgehead atoms. The van der Waals surface area contributed by atoms with Gasteiger partial charge < -0.3 is 15.2 Å². The number of aromatic nitrogens is 4. The molecule has 0 fully saturated rings. The highest BCUT2D eigenvalue weighted by Crippen LogP contribution is 2.24. The lowest BCUT2D eigenvalue weighted by Crippen LogP contribution is -2.11. The van der Waals surface area contributed by atoms with Crippen molar-refractivity contribution >= 4 is 23.2 Å². The molecule has 0 amide bonds. The molecular formula is C15H13ClN6. The Bertz CT molecular complexity index is 811. The van der Waals surface area contributed by atoms with Gasteiger partial charge in [0.05, 0.1) is 29.6 Å². The second-order valence-corrected chi connectivity index (χ2v) is 5.45. The van der Waals surface area contributed by atoms with Gasteiger partial charge in [-0.1, -0.05) is 17.7 Å². The van der Waals surface area contributed by atoms with Crippen LogP contribution in [0.15, 0.2) is 43.0 Å². The number of nitrogens with one attached hydrogen (secondary N) is 2. The summed E-state index contributed by atoms with van der Waals surface area (Å²) in [6, 6.07) is 6.18. The van der Waals surface area contributed by atoms with Gasteiger partial charge in [-0.3, -0.25) is 0 Å². The molecule has 0 spiro atoms. The van der Waals surface area contributed by atoms with E-state index < -0.39 is 0 Å². The summed E-state index contributed by atoms with van der Waals surface area (Å²) in [4.78, 5) is 12.7. The summed E-state index contributed by atoms with van der Waals surface area (Å²) in [5, 5.41) is 7.08. The fraction of sp³-hybridized carbons (Fsp3) is 0.133. The number of nitrogens with zero attached hydrogens (tertiary/aromatic N) is 4. The first-order valence-corrected chi connectivity index (χ1v) is 7.28. The Morgan fingerprint density at radius 3 is 2.86 bits per heavy atom. The average molecular weight is 313 g/mol. The van der Waals surface area contributed by atoms with E-state index in [1.54, 1.807) is 12.4 Å². The Morgan fingerprint density at radius 2 is 2.00 bits per heavy atom. The first-order valence-electron chi connectivity index (χ1n) is 6.90. The maximum absolute atomic E-state index is 5.80. The van der Waals surface area contributed by atoms with E-state index >= 15 is 0 Å². The van der Waals surface area contributed by atoms with Crippen molar-refractivity contribution < 1.29 is 0 Å². The SMILES string of the molecule is Clc1cnc(Nc2ccc3c(c2)-n2ccnc2CNC3)nc1. The van der Waals surface area contributed by atoms with Crippen molar-refractivity contribution in [3.05, 3.63) is 59.4 Å². The van der Waals surface area contributed by atoms with Gasteiger partial charge in [-0.2, -0.15) is 0 Å². The fourth-order valence-electron chi connectivity index (χ4n) is 2.51. The van der Waals surface area contributed by atoms with E-state index in [9.17, 15) is 0 Å². The van der Waals surface area contributed by atoms with Gasteiger partial charge in [0, 0.05) is 24.6 Å². The van der Waals surface area contributed by atoms with Crippen LogP contribution in [0.3, 0.4) is 0 Å². The quantitative estimate of drug-likeness (QED) is 0.761. The summed E-state index contributed by atoms with van der Waals surface area (Å²) in [6.45, 7) is 1.57. The highest BCUT2D eigenvalue weighted by Gasteiger charge is 2.14. The van der Waals surface area contributed by atoms with Gasteiger partial charge in [-0.15, -0.1) is 0 Å². The molecule has 2 N–H and O–H groups in total. The number of hydrogen-bond acceptors (Lipinski definition) is 5. The van der Waals surface area contributed by atoms with E-state index in [0.717, 1.165) is 30.3 Å². The lowest BCUT2D eigenvalue weighted by atomic mass is 10.1. The van der Waals surface area contributed by atoms with Crippen LogP contribution in [0, 0.1) is 0 Å². The Labute approximate surface area is 132 Å². The second kappa shape index (κ2) is 5.40. The zero-order valence-corrected chi connectivity index (χ0v) is 12.4. The Kier molecular flexibility index (Phi) is 3.25. The molecule has 0 saturated carbocycles. The van der Waals surface area contributed by atoms with Gasteiger partial charge >= 0.3 is 0 Å². The monoisotopic (exact) mass is 312 g/mol. The summed E-state index contributed by atoms with van der Waals surface area (Å²) < 4.78 is 2.10. The molecule has 0 atom stereocenters. The topological polar surface area (TPSA) is 67.7 Å². The second-order valence-electron chi connectivity index (χ2n) is 5.01. The zero-order chi connectivity index (χ0) is 14.9. The van der Waals surface area contributed by atoms with Crippen LogP contribution in [0.2, 0.25) is 5.02 Å². The molecule has 0 saturated heterocycles. The van der Waals surface area contributed by atoms with Crippen LogP contribution in [-0.2, 0) is 13.1 Å². The number of fused-ring (bicyclic) bond motifs is 3. The molecule has 0 unspecified atom stereocenters. The zero-order valence-electron chi connectivity index (χ0n) is 11.6. The molecule has 1 aliphatic heterocycles. The number of rotatable bonds is 2. The van der Waals surface area contributed by atoms with Crippen LogP contribution in [0.1, 0.15) is 11.4 Å². The summed E-state index contributed by atoms with van der Waals surface area (Å²) in [7, 11) is 0. The van der Waals surface area contributed by atoms with Gasteiger partial charge in [0.1, 0.15) is 5.82 Å². The van der Waals surface area contributed by atoms with Crippen LogP contribution in [-0.4, -0.2) is 19.5 Å². The van der Waals surface area contributed by atoms with Gasteiger partial charge in [0.2, 0.25) is 5.95 Å². The lowest BCUT2D eigenvalue weighted by molar-refractivity contribution is 0.678. The van der Waals surface area contributed by atoms with E-state index in [4.69, 9.17) is 11.6 Å². The van der Waals surface area contributed by atoms with E-state index in [1.165, 1.54) is 5.56 Å². The van der Waals surface area contributed by atoms with Crippen LogP contribution >= 0.6 is 11.6 Å². The van der Waals surface area contributed by atoms with Crippen molar-refractivity contribution in [3.63, 3.8) is 0 Å². The largest absolute Gasteiger partial charge is 0.324 e. The van der Waals surface area contributed by atoms with Crippen molar-refractivity contribution in [2.75, 3.05) is 5.32 Å². The molecule has 2 aromatic heterocycles. The van der Waals surface area contributed by atoms with E-state index in [2.05, 4.69) is 42.3 Å². The van der Waals surface area contributed by atoms with Gasteiger partial charge in [-0.05, 0) is 17.7 Å². The molecule has 0 radical (unpaired) electrons. The number of hydrogen-bond donors (Lipinski definition) is 2. The molecule has 4 rings (SSSR count). The van der Waals surface area contributed by atoms with E-state index in [0.29, 0.717) is 11.0 Å². The first-order chi connectivity index (χ1) is 10.8. The predicted molar refractivity (Wildman–Crippen MR) is 84.4 cm³/mol. The molecule has 7 heteroatoms. The predicted octanol–water partition coefficient (Wildman–Crippen LogP) is 2.66. The van der Waals surface area contributed by atoms with Crippen LogP contribution in [0.25, 0.3) is 5.69 Å². The number of anilines is 2. The van der Waals surface area contributed by atoms with Crippen molar-refractivity contribution in [3.8, 4) is 5.69 Å². The van der Waals surface area contributed by atoms with Gasteiger partial charge in [0.25, 0.3) is 0 Å². The van der Waals surface area contributed by atoms with Gasteiger partial charge in [-0.25, -0.2) is 15.0 Å². The molecule has 3 heterocycles. The standard InChI is InChI=1S/C15H13ClN6/c16-11-7-19-15(20-8-11)21-12-2-1-10-6-17-9-14-18-3-4-22(14)13(10)5-12/h1-5,7-8,17H,6,9H2,(H,19,20,21). The summed E-state index contributed by atoms with van der Waals surface area (Å²) in [5.41, 5.74) is 3.25. The van der Waals surface area contributed by atoms with Crippen molar-refractivity contribution in [1.82, 2.24) is 24.8 Å². The third kappa shape index (κ3) is 2.43. The number of benzene rings is 1. The van der Waals surface area contributed by atoms with Crippen LogP contribution in [0.5, 0.6) is 0 Å². The maximum atomic E-state index is 5.80. The minimum atomic E-state index is 0.515. The maximum Gasteiger partial charge on any atom is 0.227 e. The number of imidazole rings is 1. The third-order valence-electron chi connectivity index (χ3n) is 3.54. The highest BCUT2D eigenvalue weighted by atomic mass is 35.5. The Hall–Kier alpha value is -2.44. The molecule has 22 heavy (non-hydrogen) atoms. The molecule has 6 nitrogen and oxygen atoms in total. The summed E-state index contributed by atoms with van der Waals surface area (Å²) in [6.07, 6.45) is 6.93. The third-order valence-corrected chi connectivity index (χ3v) is 3.73. The highest BCUT2D eigenvalue weighted by molar-refractivity contribution is 6.30. The van der Waals surface area contributed by atoms with Crippen LogP contribution < -0.4 is 10.6 Å². The molecule has 110 valence electrons. The van der Waals surface area contributed by atoms with Crippen molar-refractivity contribution in [2.24, 2.45) is 0 Å². The minimum Gasteiger partial charge on any atom is -0.324 e. The van der Waals surface area contributed by atoms with Crippen LogP contribution in [0.4, 0.5) is 11.6 Å². The van der Waals surface area contributed by atoms with Crippen molar-refractivity contribution in [1.29, 1.82) is 0 Å². The van der Waals surface area contributed by atoms with Crippen molar-refractivity contribution in [2.45, 2.75) is 13.1 Å². The normalized spacial score (nSPS) is 13.1. The molecular weight excluding hydrogens is 300 g/mol. The molecule has 1 aliphatic rings. The first kappa shape index (κ1) is 13.2. The Balaban J connectivity index is 1.71. The van der Waals surface area contributed by atoms with E-state index in [1.807, 2.05) is 18.5 Å².